The molecule has 0 aliphatic carbocycles. The fraction of sp³-hybridized carbons (Fsp3) is 0.901. The molecule has 0 radical (unpaired) electrons. The molecule has 0 heterocycles. The van der Waals surface area contributed by atoms with Crippen molar-refractivity contribution < 1.29 is 24.5 Å². The van der Waals surface area contributed by atoms with Crippen molar-refractivity contribution in [2.75, 3.05) is 13.2 Å². The highest BCUT2D eigenvalue weighted by Gasteiger charge is 2.18. The van der Waals surface area contributed by atoms with Crippen molar-refractivity contribution in [3.8, 4) is 0 Å². The van der Waals surface area contributed by atoms with Gasteiger partial charge in [0, 0.05) is 12.8 Å². The lowest BCUT2D eigenvalue weighted by Crippen LogP contribution is -2.45. The molecule has 87 heavy (non-hydrogen) atoms. The van der Waals surface area contributed by atoms with Gasteiger partial charge < -0.3 is 20.3 Å². The van der Waals surface area contributed by atoms with Crippen LogP contribution in [-0.2, 0) is 14.3 Å². The molecule has 2 atom stereocenters. The van der Waals surface area contributed by atoms with Crippen LogP contribution in [0.4, 0.5) is 0 Å². The average Bonchev–Trinajstić information content (AvgIpc) is 3.57. The summed E-state index contributed by atoms with van der Waals surface area (Å²) in [6.07, 6.45) is 99.8. The molecule has 0 rings (SSSR count). The Morgan fingerprint density at radius 1 is 0.322 bits per heavy atom. The molecule has 2 unspecified atom stereocenters. The van der Waals surface area contributed by atoms with E-state index in [1.54, 1.807) is 6.08 Å². The van der Waals surface area contributed by atoms with E-state index in [2.05, 4.69) is 43.5 Å². The van der Waals surface area contributed by atoms with Crippen LogP contribution >= 0.6 is 0 Å². The van der Waals surface area contributed by atoms with Gasteiger partial charge in [0.1, 0.15) is 0 Å². The summed E-state index contributed by atoms with van der Waals surface area (Å²) in [7, 11) is 0. The van der Waals surface area contributed by atoms with E-state index in [1.165, 1.54) is 372 Å². The maximum atomic E-state index is 12.6. The predicted octanol–water partition coefficient (Wildman–Crippen LogP) is 26.2. The van der Waals surface area contributed by atoms with Crippen molar-refractivity contribution in [2.45, 2.75) is 456 Å². The first kappa shape index (κ1) is 85.1. The summed E-state index contributed by atoms with van der Waals surface area (Å²) in [5, 5.41) is 23.3. The van der Waals surface area contributed by atoms with Gasteiger partial charge in [-0.1, -0.05) is 403 Å². The number of amides is 1. The molecule has 0 aromatic heterocycles. The van der Waals surface area contributed by atoms with Crippen molar-refractivity contribution in [1.82, 2.24) is 5.32 Å². The molecule has 0 fully saturated rings. The van der Waals surface area contributed by atoms with Gasteiger partial charge in [-0.2, -0.15) is 0 Å². The summed E-state index contributed by atoms with van der Waals surface area (Å²) in [6, 6.07) is -0.628. The average molecular weight is 1220 g/mol. The number of hydrogen-bond donors (Lipinski definition) is 3. The summed E-state index contributed by atoms with van der Waals surface area (Å²) in [4.78, 5) is 24.6. The van der Waals surface area contributed by atoms with Crippen LogP contribution in [0.2, 0.25) is 0 Å². The summed E-state index contributed by atoms with van der Waals surface area (Å²) in [5.41, 5.74) is 0. The summed E-state index contributed by atoms with van der Waals surface area (Å²) in [6.45, 7) is 4.95. The minimum Gasteiger partial charge on any atom is -0.466 e. The summed E-state index contributed by atoms with van der Waals surface area (Å²) in [5.74, 6) is -0.0449. The zero-order valence-electron chi connectivity index (χ0n) is 59.0. The zero-order chi connectivity index (χ0) is 62.8. The fourth-order valence-electron chi connectivity index (χ4n) is 12.6. The molecule has 0 aromatic rings. The first-order chi connectivity index (χ1) is 43.0. The number of aliphatic hydroxyl groups is 2. The van der Waals surface area contributed by atoms with Crippen LogP contribution in [0.3, 0.4) is 0 Å². The van der Waals surface area contributed by atoms with E-state index in [0.717, 1.165) is 44.9 Å². The lowest BCUT2D eigenvalue weighted by Gasteiger charge is -2.20. The highest BCUT2D eigenvalue weighted by molar-refractivity contribution is 5.76. The lowest BCUT2D eigenvalue weighted by molar-refractivity contribution is -0.143. The zero-order valence-corrected chi connectivity index (χ0v) is 59.0. The van der Waals surface area contributed by atoms with E-state index in [9.17, 15) is 19.8 Å². The van der Waals surface area contributed by atoms with Gasteiger partial charge in [-0.05, 0) is 64.2 Å². The van der Waals surface area contributed by atoms with E-state index in [4.69, 9.17) is 4.74 Å². The van der Waals surface area contributed by atoms with Crippen LogP contribution in [0.1, 0.15) is 444 Å². The molecule has 3 N–H and O–H groups in total. The Hall–Kier alpha value is -1.92. The Bertz CT molecular complexity index is 1410. The molecule has 0 aromatic carbocycles. The van der Waals surface area contributed by atoms with Gasteiger partial charge in [-0.15, -0.1) is 0 Å². The van der Waals surface area contributed by atoms with Crippen molar-refractivity contribution in [2.24, 2.45) is 0 Å². The van der Waals surface area contributed by atoms with Crippen LogP contribution < -0.4 is 5.32 Å². The number of carbonyl (C=O) groups excluding carboxylic acids is 2. The fourth-order valence-corrected chi connectivity index (χ4v) is 12.6. The summed E-state index contributed by atoms with van der Waals surface area (Å²) >= 11 is 0. The topological polar surface area (TPSA) is 95.9 Å². The third-order valence-electron chi connectivity index (χ3n) is 18.7. The molecule has 0 aliphatic heterocycles. The quantitative estimate of drug-likeness (QED) is 0.0320. The SMILES string of the molecule is CCCCCCCCCCCCCCCCCCCCCCCC/C=C/C(O)C(CO)NC(=O)CCCCCCCCCCCCCCCCCCC/C=C\C/C=C\CCCCCCCCCCCOC(=O)CCCCCCCCCCCCCCC. The van der Waals surface area contributed by atoms with Crippen LogP contribution in [0, 0.1) is 0 Å². The molecular weight excluding hydrogens is 1070 g/mol. The van der Waals surface area contributed by atoms with Gasteiger partial charge in [0.25, 0.3) is 0 Å². The maximum absolute atomic E-state index is 12.6. The minimum atomic E-state index is -0.845. The van der Waals surface area contributed by atoms with Crippen LogP contribution in [0.25, 0.3) is 0 Å². The predicted molar refractivity (Wildman–Crippen MR) is 384 cm³/mol. The number of aliphatic hydroxyl groups excluding tert-OH is 2. The number of hydrogen-bond acceptors (Lipinski definition) is 5. The summed E-state index contributed by atoms with van der Waals surface area (Å²) < 4.78 is 5.49. The van der Waals surface area contributed by atoms with Gasteiger partial charge in [0.2, 0.25) is 5.91 Å². The number of nitrogens with one attached hydrogen (secondary N) is 1. The second kappa shape index (κ2) is 76.5. The number of rotatable bonds is 75. The van der Waals surface area contributed by atoms with Gasteiger partial charge in [-0.3, -0.25) is 9.59 Å². The number of unbranched alkanes of at least 4 members (excludes halogenated alkanes) is 60. The monoisotopic (exact) mass is 1220 g/mol. The highest BCUT2D eigenvalue weighted by Crippen LogP contribution is 2.20. The molecule has 6 nitrogen and oxygen atoms in total. The molecule has 6 heteroatoms. The van der Waals surface area contributed by atoms with Crippen LogP contribution in [-0.4, -0.2) is 47.4 Å². The number of esters is 1. The smallest absolute Gasteiger partial charge is 0.305 e. The molecule has 514 valence electrons. The van der Waals surface area contributed by atoms with Crippen molar-refractivity contribution in [1.29, 1.82) is 0 Å². The first-order valence-electron chi connectivity index (χ1n) is 39.8. The van der Waals surface area contributed by atoms with Crippen LogP contribution in [0.5, 0.6) is 0 Å². The minimum absolute atomic E-state index is 0.0162. The van der Waals surface area contributed by atoms with Gasteiger partial charge in [0.15, 0.2) is 0 Å². The van der Waals surface area contributed by atoms with Gasteiger partial charge in [0.05, 0.1) is 25.4 Å². The van der Waals surface area contributed by atoms with Crippen molar-refractivity contribution in [3.63, 3.8) is 0 Å². The standard InChI is InChI=1S/C81H155NO5/c1-3-5-7-9-11-13-15-17-18-19-20-21-22-34-37-40-43-46-50-53-57-61-65-69-73-79(84)78(77-83)82-80(85)74-70-66-62-58-54-51-47-44-41-38-35-32-30-28-26-24-23-25-27-29-31-33-36-39-42-45-48-52-56-60-64-68-72-76-87-81(86)75-71-67-63-59-55-49-16-14-12-10-8-6-4-2/h27,29,33,36,69,73,78-79,83-84H,3-26,28,30-32,34-35,37-68,70-72,74-77H2,1-2H3,(H,82,85)/b29-27-,36-33-,73-69+. The highest BCUT2D eigenvalue weighted by atomic mass is 16.5. The molecule has 0 aliphatic rings. The molecule has 1 amide bonds. The van der Waals surface area contributed by atoms with Crippen molar-refractivity contribution >= 4 is 11.9 Å². The number of ether oxygens (including phenoxy) is 1. The van der Waals surface area contributed by atoms with E-state index in [0.29, 0.717) is 19.4 Å². The van der Waals surface area contributed by atoms with E-state index in [1.807, 2.05) is 6.08 Å². The first-order valence-corrected chi connectivity index (χ1v) is 39.8. The third kappa shape index (κ3) is 73.0. The number of allylic oxidation sites excluding steroid dienone is 5. The normalized spacial score (nSPS) is 12.6. The Morgan fingerprint density at radius 3 is 0.874 bits per heavy atom. The largest absolute Gasteiger partial charge is 0.466 e. The van der Waals surface area contributed by atoms with Crippen molar-refractivity contribution in [3.05, 3.63) is 36.5 Å². The lowest BCUT2D eigenvalue weighted by atomic mass is 10.0. The number of carbonyl (C=O) groups is 2. The maximum Gasteiger partial charge on any atom is 0.305 e. The molecule has 0 spiro atoms. The third-order valence-corrected chi connectivity index (χ3v) is 18.7. The second-order valence-corrected chi connectivity index (χ2v) is 27.4. The van der Waals surface area contributed by atoms with Gasteiger partial charge >= 0.3 is 5.97 Å². The Labute approximate surface area is 544 Å². The van der Waals surface area contributed by atoms with Crippen LogP contribution in [0.15, 0.2) is 36.5 Å². The Kier molecular flexibility index (Phi) is 74.8. The van der Waals surface area contributed by atoms with E-state index < -0.39 is 12.1 Å². The second-order valence-electron chi connectivity index (χ2n) is 27.4. The molecular formula is C81H155NO5. The van der Waals surface area contributed by atoms with E-state index in [-0.39, 0.29) is 18.5 Å². The Balaban J connectivity index is 3.40. The molecule has 0 bridgehead atoms. The molecule has 0 saturated carbocycles. The molecule has 0 saturated heterocycles. The van der Waals surface area contributed by atoms with Gasteiger partial charge in [-0.25, -0.2) is 0 Å². The van der Waals surface area contributed by atoms with E-state index >= 15 is 0 Å². The Morgan fingerprint density at radius 2 is 0.575 bits per heavy atom.